The van der Waals surface area contributed by atoms with Crippen molar-refractivity contribution >= 4 is 5.91 Å². The number of fused-ring (bicyclic) bond motifs is 1. The third-order valence-corrected chi connectivity index (χ3v) is 5.92. The van der Waals surface area contributed by atoms with Gasteiger partial charge in [0.1, 0.15) is 18.3 Å². The van der Waals surface area contributed by atoms with E-state index in [1.54, 1.807) is 21.3 Å². The van der Waals surface area contributed by atoms with Crippen molar-refractivity contribution in [3.8, 4) is 17.2 Å². The minimum atomic E-state index is 0.103. The Kier molecular flexibility index (Phi) is 7.80. The maximum atomic E-state index is 12.4. The number of hydrogen-bond acceptors (Lipinski definition) is 4. The zero-order chi connectivity index (χ0) is 22.4. The van der Waals surface area contributed by atoms with Gasteiger partial charge >= 0.3 is 0 Å². The fourth-order valence-corrected chi connectivity index (χ4v) is 4.30. The van der Waals surface area contributed by atoms with Crippen LogP contribution in [0, 0.1) is 5.92 Å². The van der Waals surface area contributed by atoms with Crippen molar-refractivity contribution in [2.24, 2.45) is 5.92 Å². The number of methoxy groups -OCH3 is 3. The Morgan fingerprint density at radius 3 is 2.35 bits per heavy atom. The summed E-state index contributed by atoms with van der Waals surface area (Å²) < 4.78 is 16.4. The van der Waals surface area contributed by atoms with Crippen LogP contribution in [0.25, 0.3) is 0 Å². The van der Waals surface area contributed by atoms with E-state index >= 15 is 0 Å². The largest absolute Gasteiger partial charge is 0.497 e. The molecular formula is C25H35N2O4+. The first-order valence-corrected chi connectivity index (χ1v) is 10.9. The van der Waals surface area contributed by atoms with Crippen molar-refractivity contribution in [3.63, 3.8) is 0 Å². The molecule has 168 valence electrons. The predicted molar refractivity (Wildman–Crippen MR) is 121 cm³/mol. The number of quaternary nitrogens is 1. The fraction of sp³-hybridized carbons (Fsp3) is 0.480. The molecule has 6 nitrogen and oxygen atoms in total. The maximum absolute atomic E-state index is 12.4. The highest BCUT2D eigenvalue weighted by Crippen LogP contribution is 2.34. The molecule has 2 aromatic rings. The van der Waals surface area contributed by atoms with E-state index in [-0.39, 0.29) is 11.9 Å². The zero-order valence-electron chi connectivity index (χ0n) is 19.3. The van der Waals surface area contributed by atoms with Gasteiger partial charge in [-0.2, -0.15) is 0 Å². The molecule has 1 aliphatic heterocycles. The minimum Gasteiger partial charge on any atom is -0.497 e. The highest BCUT2D eigenvalue weighted by molar-refractivity contribution is 5.76. The van der Waals surface area contributed by atoms with Crippen LogP contribution in [0.3, 0.4) is 0 Å². The molecule has 2 atom stereocenters. The number of carbonyl (C=O) groups excluding carboxylic acids is 1. The lowest BCUT2D eigenvalue weighted by atomic mass is 9.91. The van der Waals surface area contributed by atoms with Crippen LogP contribution in [0.4, 0.5) is 0 Å². The number of rotatable bonds is 9. The number of benzene rings is 2. The third-order valence-electron chi connectivity index (χ3n) is 5.92. The predicted octanol–water partition coefficient (Wildman–Crippen LogP) is 2.56. The summed E-state index contributed by atoms with van der Waals surface area (Å²) in [5.74, 6) is 2.78. The molecule has 0 saturated carbocycles. The van der Waals surface area contributed by atoms with Crippen LogP contribution < -0.4 is 24.4 Å². The van der Waals surface area contributed by atoms with Crippen LogP contribution in [0.1, 0.15) is 43.0 Å². The van der Waals surface area contributed by atoms with E-state index in [1.807, 2.05) is 12.1 Å². The van der Waals surface area contributed by atoms with Gasteiger partial charge in [0.2, 0.25) is 5.91 Å². The van der Waals surface area contributed by atoms with Crippen LogP contribution in [0.2, 0.25) is 0 Å². The molecule has 0 aliphatic carbocycles. The first-order valence-electron chi connectivity index (χ1n) is 10.9. The summed E-state index contributed by atoms with van der Waals surface area (Å²) in [4.78, 5) is 13.8. The molecule has 2 N–H and O–H groups in total. The van der Waals surface area contributed by atoms with Crippen molar-refractivity contribution in [1.82, 2.24) is 5.32 Å². The number of amides is 1. The molecule has 0 saturated heterocycles. The lowest BCUT2D eigenvalue weighted by Crippen LogP contribution is -3.12. The molecule has 1 aliphatic rings. The Morgan fingerprint density at radius 1 is 1.06 bits per heavy atom. The number of ether oxygens (including phenoxy) is 3. The highest BCUT2D eigenvalue weighted by Gasteiger charge is 2.33. The van der Waals surface area contributed by atoms with Gasteiger partial charge in [-0.1, -0.05) is 13.8 Å². The fourth-order valence-electron chi connectivity index (χ4n) is 4.30. The summed E-state index contributed by atoms with van der Waals surface area (Å²) in [6, 6.07) is 12.5. The van der Waals surface area contributed by atoms with E-state index < -0.39 is 0 Å². The highest BCUT2D eigenvalue weighted by atomic mass is 16.5. The molecule has 6 heteroatoms. The van der Waals surface area contributed by atoms with Crippen molar-refractivity contribution in [2.45, 2.75) is 39.3 Å². The van der Waals surface area contributed by atoms with Gasteiger partial charge < -0.3 is 24.4 Å². The Morgan fingerprint density at radius 2 is 1.74 bits per heavy atom. The lowest BCUT2D eigenvalue weighted by molar-refractivity contribution is -0.945. The van der Waals surface area contributed by atoms with Gasteiger partial charge in [0, 0.05) is 24.0 Å². The van der Waals surface area contributed by atoms with E-state index in [1.165, 1.54) is 21.6 Å². The number of carbonyl (C=O) groups is 1. The first kappa shape index (κ1) is 22.9. The summed E-state index contributed by atoms with van der Waals surface area (Å²) in [6.07, 6.45) is 1.50. The van der Waals surface area contributed by atoms with Crippen molar-refractivity contribution in [2.75, 3.05) is 34.4 Å². The second kappa shape index (κ2) is 10.5. The van der Waals surface area contributed by atoms with E-state index in [9.17, 15) is 4.79 Å². The minimum absolute atomic E-state index is 0.103. The normalized spacial score (nSPS) is 17.7. The van der Waals surface area contributed by atoms with Crippen LogP contribution >= 0.6 is 0 Å². The van der Waals surface area contributed by atoms with Gasteiger partial charge in [0.25, 0.3) is 0 Å². The van der Waals surface area contributed by atoms with Gasteiger partial charge in [-0.3, -0.25) is 4.79 Å². The molecule has 0 aromatic heterocycles. The molecule has 0 bridgehead atoms. The topological polar surface area (TPSA) is 61.2 Å². The van der Waals surface area contributed by atoms with Gasteiger partial charge in [0.15, 0.2) is 11.5 Å². The van der Waals surface area contributed by atoms with Gasteiger partial charge in [-0.25, -0.2) is 0 Å². The monoisotopic (exact) mass is 427 g/mol. The molecule has 2 aromatic carbocycles. The van der Waals surface area contributed by atoms with Crippen LogP contribution in [0.15, 0.2) is 36.4 Å². The van der Waals surface area contributed by atoms with Crippen molar-refractivity contribution in [3.05, 3.63) is 53.1 Å². The number of nitrogens with one attached hydrogen (secondary N) is 2. The van der Waals surface area contributed by atoms with E-state index in [0.29, 0.717) is 18.9 Å². The van der Waals surface area contributed by atoms with Gasteiger partial charge in [-0.05, 0) is 47.9 Å². The average molecular weight is 428 g/mol. The summed E-state index contributed by atoms with van der Waals surface area (Å²) in [5.41, 5.74) is 3.73. The summed E-state index contributed by atoms with van der Waals surface area (Å²) in [5, 5.41) is 3.17. The van der Waals surface area contributed by atoms with Gasteiger partial charge in [0.05, 0.1) is 34.4 Å². The van der Waals surface area contributed by atoms with Gasteiger partial charge in [-0.15, -0.1) is 0 Å². The van der Waals surface area contributed by atoms with Crippen LogP contribution in [-0.4, -0.2) is 40.3 Å². The standard InChI is InChI=1S/C25H34N2O4/c1-17(2)12-25(28)26-15-22-21-14-24(31-5)23(30-4)13-19(21)10-11-27(22)16-18-6-8-20(29-3)9-7-18/h6-9,13-14,17,22H,10-12,15-16H2,1-5H3,(H,26,28)/p+1/t22-/m0/s1. The van der Waals surface area contributed by atoms with E-state index in [2.05, 4.69) is 43.4 Å². The van der Waals surface area contributed by atoms with E-state index in [4.69, 9.17) is 14.2 Å². The second-order valence-corrected chi connectivity index (χ2v) is 8.54. The lowest BCUT2D eigenvalue weighted by Gasteiger charge is -2.35. The SMILES string of the molecule is COc1ccc(C[NH+]2CCc3cc(OC)c(OC)cc3[C@@H]2CNC(=O)CC(C)C)cc1. The van der Waals surface area contributed by atoms with Crippen molar-refractivity contribution < 1.29 is 23.9 Å². The Balaban J connectivity index is 1.87. The van der Waals surface area contributed by atoms with Crippen molar-refractivity contribution in [1.29, 1.82) is 0 Å². The Bertz CT molecular complexity index is 880. The number of hydrogen-bond donors (Lipinski definition) is 2. The second-order valence-electron chi connectivity index (χ2n) is 8.54. The molecule has 0 fully saturated rings. The molecule has 0 spiro atoms. The molecule has 31 heavy (non-hydrogen) atoms. The molecule has 3 rings (SSSR count). The summed E-state index contributed by atoms with van der Waals surface area (Å²) in [7, 11) is 5.01. The first-order chi connectivity index (χ1) is 14.9. The molecular weight excluding hydrogens is 392 g/mol. The van der Waals surface area contributed by atoms with Crippen LogP contribution in [-0.2, 0) is 17.8 Å². The maximum Gasteiger partial charge on any atom is 0.220 e. The van der Waals surface area contributed by atoms with Crippen LogP contribution in [0.5, 0.6) is 17.2 Å². The third kappa shape index (κ3) is 5.70. The molecule has 1 heterocycles. The molecule has 1 unspecified atom stereocenters. The summed E-state index contributed by atoms with van der Waals surface area (Å²) in [6.45, 7) is 6.59. The molecule has 1 amide bonds. The summed E-state index contributed by atoms with van der Waals surface area (Å²) >= 11 is 0. The Hall–Kier alpha value is -2.73. The Labute approximate surface area is 185 Å². The average Bonchev–Trinajstić information content (AvgIpc) is 2.77. The van der Waals surface area contributed by atoms with E-state index in [0.717, 1.165) is 36.8 Å². The zero-order valence-corrected chi connectivity index (χ0v) is 19.3. The molecule has 0 radical (unpaired) electrons. The smallest absolute Gasteiger partial charge is 0.220 e. The quantitative estimate of drug-likeness (QED) is 0.646.